The van der Waals surface area contributed by atoms with E-state index in [2.05, 4.69) is 20.4 Å². The molecule has 0 bridgehead atoms. The number of carbonyl (C=O) groups excluding carboxylic acids is 2. The number of hydrogen-bond acceptors (Lipinski definition) is 7. The van der Waals surface area contributed by atoms with Gasteiger partial charge in [0, 0.05) is 6.20 Å². The van der Waals surface area contributed by atoms with Gasteiger partial charge in [0.1, 0.15) is 18.3 Å². The van der Waals surface area contributed by atoms with Crippen molar-refractivity contribution in [1.29, 1.82) is 0 Å². The number of carbonyl (C=O) groups is 2. The second-order valence-corrected chi connectivity index (χ2v) is 6.34. The summed E-state index contributed by atoms with van der Waals surface area (Å²) >= 11 is 0. The molecule has 1 N–H and O–H groups in total. The summed E-state index contributed by atoms with van der Waals surface area (Å²) in [6.07, 6.45) is -3.63. The molecule has 0 spiro atoms. The lowest BCUT2D eigenvalue weighted by atomic mass is 10.1. The predicted molar refractivity (Wildman–Crippen MR) is 92.3 cm³/mol. The van der Waals surface area contributed by atoms with E-state index < -0.39 is 42.2 Å². The van der Waals surface area contributed by atoms with Crippen molar-refractivity contribution in [2.45, 2.75) is 51.7 Å². The number of alkyl halides is 3. The first-order valence-electron chi connectivity index (χ1n) is 8.59. The number of hydrogen-bond donors (Lipinski definition) is 1. The smallest absolute Gasteiger partial charge is 0.433 e. The number of esters is 1. The quantitative estimate of drug-likeness (QED) is 0.692. The molecule has 2 aromatic heterocycles. The number of alkyl carbamates (subject to hydrolysis) is 1. The number of nitrogens with one attached hydrogen (secondary N) is 1. The van der Waals surface area contributed by atoms with Crippen LogP contribution in [0.1, 0.15) is 38.1 Å². The summed E-state index contributed by atoms with van der Waals surface area (Å²) in [5.74, 6) is -0.769. The van der Waals surface area contributed by atoms with Crippen LogP contribution < -0.4 is 5.32 Å². The van der Waals surface area contributed by atoms with E-state index in [4.69, 9.17) is 9.47 Å². The molecule has 12 heteroatoms. The van der Waals surface area contributed by atoms with E-state index in [-0.39, 0.29) is 6.54 Å². The summed E-state index contributed by atoms with van der Waals surface area (Å²) in [5.41, 5.74) is -0.715. The Morgan fingerprint density at radius 2 is 1.93 bits per heavy atom. The molecule has 0 saturated heterocycles. The van der Waals surface area contributed by atoms with Crippen molar-refractivity contribution in [1.82, 2.24) is 25.1 Å². The third-order valence-electron chi connectivity index (χ3n) is 3.59. The van der Waals surface area contributed by atoms with Crippen LogP contribution in [0, 0.1) is 0 Å². The molecule has 1 unspecified atom stereocenters. The second-order valence-electron chi connectivity index (χ2n) is 6.34. The van der Waals surface area contributed by atoms with E-state index in [0.717, 1.165) is 12.3 Å². The van der Waals surface area contributed by atoms with Crippen LogP contribution >= 0.6 is 0 Å². The molecule has 158 valence electrons. The molecule has 0 fully saturated rings. The Morgan fingerprint density at radius 3 is 2.45 bits per heavy atom. The first-order chi connectivity index (χ1) is 13.6. The maximum atomic E-state index is 12.6. The van der Waals surface area contributed by atoms with E-state index in [1.807, 2.05) is 0 Å². The Bertz CT molecular complexity index is 809. The van der Waals surface area contributed by atoms with Gasteiger partial charge in [-0.15, -0.1) is 0 Å². The van der Waals surface area contributed by atoms with Crippen LogP contribution in [0.25, 0.3) is 0 Å². The normalized spacial score (nSPS) is 13.6. The molecule has 9 nitrogen and oxygen atoms in total. The summed E-state index contributed by atoms with van der Waals surface area (Å²) in [5, 5.41) is 6.28. The van der Waals surface area contributed by atoms with Gasteiger partial charge in [0.2, 0.25) is 6.10 Å². The van der Waals surface area contributed by atoms with Crippen LogP contribution in [0.2, 0.25) is 0 Å². The maximum Gasteiger partial charge on any atom is 0.433 e. The summed E-state index contributed by atoms with van der Waals surface area (Å²) in [7, 11) is 0. The minimum atomic E-state index is -4.56. The molecule has 0 aromatic carbocycles. The molecule has 1 amide bonds. The molecule has 2 rings (SSSR count). The van der Waals surface area contributed by atoms with Gasteiger partial charge in [0.15, 0.2) is 0 Å². The fourth-order valence-electron chi connectivity index (χ4n) is 2.22. The van der Waals surface area contributed by atoms with Gasteiger partial charge < -0.3 is 14.8 Å². The highest BCUT2D eigenvalue weighted by Crippen LogP contribution is 2.27. The van der Waals surface area contributed by atoms with E-state index >= 15 is 0 Å². The number of aromatic nitrogens is 4. The van der Waals surface area contributed by atoms with Crippen LogP contribution in [-0.4, -0.2) is 44.0 Å². The number of ether oxygens (including phenoxy) is 2. The summed E-state index contributed by atoms with van der Waals surface area (Å²) in [4.78, 5) is 31.5. The van der Waals surface area contributed by atoms with Gasteiger partial charge >= 0.3 is 18.2 Å². The molecule has 29 heavy (non-hydrogen) atoms. The van der Waals surface area contributed by atoms with Crippen LogP contribution in [0.4, 0.5) is 18.0 Å². The van der Waals surface area contributed by atoms with Crippen LogP contribution in [0.5, 0.6) is 0 Å². The topological polar surface area (TPSA) is 108 Å². The van der Waals surface area contributed by atoms with E-state index in [1.54, 1.807) is 13.8 Å². The highest BCUT2D eigenvalue weighted by atomic mass is 19.4. The van der Waals surface area contributed by atoms with E-state index in [0.29, 0.717) is 5.56 Å². The maximum absolute atomic E-state index is 12.6. The molecule has 0 saturated carbocycles. The van der Waals surface area contributed by atoms with Gasteiger partial charge in [-0.05, 0) is 32.4 Å². The zero-order valence-corrected chi connectivity index (χ0v) is 15.9. The van der Waals surface area contributed by atoms with Gasteiger partial charge in [-0.25, -0.2) is 19.3 Å². The van der Waals surface area contributed by atoms with Crippen LogP contribution in [0.15, 0.2) is 31.0 Å². The van der Waals surface area contributed by atoms with Gasteiger partial charge in [-0.3, -0.25) is 4.98 Å². The van der Waals surface area contributed by atoms with Crippen molar-refractivity contribution in [3.05, 3.63) is 42.2 Å². The average molecular weight is 415 g/mol. The Hall–Kier alpha value is -3.18. The van der Waals surface area contributed by atoms with E-state index in [9.17, 15) is 22.8 Å². The molecule has 2 atom stereocenters. The number of nitrogens with zero attached hydrogens (tertiary/aromatic N) is 4. The van der Waals surface area contributed by atoms with Crippen molar-refractivity contribution < 1.29 is 32.2 Å². The summed E-state index contributed by atoms with van der Waals surface area (Å²) in [6, 6.07) is 1.29. The van der Waals surface area contributed by atoms with Crippen molar-refractivity contribution in [2.75, 3.05) is 0 Å². The van der Waals surface area contributed by atoms with E-state index in [1.165, 1.54) is 30.3 Å². The first kappa shape index (κ1) is 22.1. The molecular weight excluding hydrogens is 395 g/mol. The monoisotopic (exact) mass is 415 g/mol. The molecular formula is C17H20F3N5O4. The number of pyridine rings is 1. The Balaban J connectivity index is 2.01. The largest absolute Gasteiger partial charge is 0.460 e. The van der Waals surface area contributed by atoms with Crippen LogP contribution in [0.3, 0.4) is 0 Å². The zero-order valence-electron chi connectivity index (χ0n) is 15.9. The minimum absolute atomic E-state index is 0.116. The lowest BCUT2D eigenvalue weighted by molar-refractivity contribution is -0.158. The lowest BCUT2D eigenvalue weighted by Crippen LogP contribution is -2.39. The zero-order chi connectivity index (χ0) is 21.6. The standard InChI is InChI=1S/C17H20F3N5O4/c1-10(2)28-15(26)13(7-25-9-21-8-23-25)29-16(27)24-11(3)12-4-5-14(22-6-12)17(18,19)20/h4-6,8-11,13H,7H2,1-3H3,(H,24,27)/t11-,13?/m0/s1. The number of amides is 1. The highest BCUT2D eigenvalue weighted by molar-refractivity contribution is 5.79. The third-order valence-corrected chi connectivity index (χ3v) is 3.59. The van der Waals surface area contributed by atoms with Crippen molar-refractivity contribution in [2.24, 2.45) is 0 Å². The first-order valence-corrected chi connectivity index (χ1v) is 8.59. The molecule has 0 radical (unpaired) electrons. The molecule has 2 aromatic rings. The fourth-order valence-corrected chi connectivity index (χ4v) is 2.22. The predicted octanol–water partition coefficient (Wildman–Crippen LogP) is 2.50. The van der Waals surface area contributed by atoms with Gasteiger partial charge in [0.25, 0.3) is 0 Å². The minimum Gasteiger partial charge on any atom is -0.460 e. The fraction of sp³-hybridized carbons (Fsp3) is 0.471. The average Bonchev–Trinajstić information content (AvgIpc) is 3.13. The lowest BCUT2D eigenvalue weighted by Gasteiger charge is -2.20. The molecule has 0 aliphatic heterocycles. The Labute approximate surface area is 164 Å². The van der Waals surface area contributed by atoms with Gasteiger partial charge in [0.05, 0.1) is 18.7 Å². The molecule has 0 aliphatic rings. The van der Waals surface area contributed by atoms with Gasteiger partial charge in [-0.1, -0.05) is 6.07 Å². The van der Waals surface area contributed by atoms with Crippen molar-refractivity contribution in [3.63, 3.8) is 0 Å². The molecule has 2 heterocycles. The van der Waals surface area contributed by atoms with Crippen LogP contribution in [-0.2, 0) is 27.0 Å². The Kier molecular flexibility index (Phi) is 7.13. The Morgan fingerprint density at radius 1 is 1.21 bits per heavy atom. The third kappa shape index (κ3) is 6.73. The molecule has 0 aliphatic carbocycles. The summed E-state index contributed by atoms with van der Waals surface area (Å²) in [6.45, 7) is 4.70. The number of halogens is 3. The number of rotatable bonds is 7. The second kappa shape index (κ2) is 9.34. The van der Waals surface area contributed by atoms with Crippen molar-refractivity contribution >= 4 is 12.1 Å². The summed E-state index contributed by atoms with van der Waals surface area (Å²) < 4.78 is 49.3. The highest BCUT2D eigenvalue weighted by Gasteiger charge is 2.32. The van der Waals surface area contributed by atoms with Crippen molar-refractivity contribution in [3.8, 4) is 0 Å². The van der Waals surface area contributed by atoms with Gasteiger partial charge in [-0.2, -0.15) is 18.3 Å². The SMILES string of the molecule is CC(C)OC(=O)C(Cn1cncn1)OC(=O)N[C@@H](C)c1ccc(C(F)(F)F)nc1.